The van der Waals surface area contributed by atoms with Gasteiger partial charge >= 0.3 is 0 Å². The van der Waals surface area contributed by atoms with Gasteiger partial charge in [0, 0.05) is 10.6 Å². The molecule has 0 atom stereocenters. The number of benzene rings is 2. The number of nitriles is 1. The summed E-state index contributed by atoms with van der Waals surface area (Å²) in [5.74, 6) is -0.0565. The maximum Gasteiger partial charge on any atom is 0.138 e. The molecule has 19 heavy (non-hydrogen) atoms. The highest BCUT2D eigenvalue weighted by atomic mass is 35.5. The fourth-order valence-electron chi connectivity index (χ4n) is 1.48. The highest BCUT2D eigenvalue weighted by Gasteiger charge is 2.07. The summed E-state index contributed by atoms with van der Waals surface area (Å²) in [5, 5.41) is 9.51. The molecule has 0 heterocycles. The number of hydrogen-bond acceptors (Lipinski definition) is 2. The third-order valence-electron chi connectivity index (χ3n) is 2.46. The van der Waals surface area contributed by atoms with Gasteiger partial charge in [-0.25, -0.2) is 4.39 Å². The zero-order chi connectivity index (χ0) is 13.8. The van der Waals surface area contributed by atoms with E-state index in [1.165, 1.54) is 18.2 Å². The molecule has 0 N–H and O–H groups in total. The van der Waals surface area contributed by atoms with Crippen molar-refractivity contribution in [2.24, 2.45) is 0 Å². The van der Waals surface area contributed by atoms with E-state index in [4.69, 9.17) is 33.2 Å². The molecule has 0 aliphatic carbocycles. The Morgan fingerprint density at radius 1 is 1.16 bits per heavy atom. The van der Waals surface area contributed by atoms with Gasteiger partial charge in [-0.05, 0) is 30.3 Å². The van der Waals surface area contributed by atoms with E-state index in [9.17, 15) is 4.39 Å². The van der Waals surface area contributed by atoms with Gasteiger partial charge in [-0.15, -0.1) is 0 Å². The maximum absolute atomic E-state index is 13.6. The van der Waals surface area contributed by atoms with Gasteiger partial charge in [-0.2, -0.15) is 5.26 Å². The average molecular weight is 296 g/mol. The van der Waals surface area contributed by atoms with E-state index in [2.05, 4.69) is 0 Å². The van der Waals surface area contributed by atoms with Crippen LogP contribution in [0.15, 0.2) is 36.4 Å². The lowest BCUT2D eigenvalue weighted by atomic mass is 10.1. The van der Waals surface area contributed by atoms with Crippen LogP contribution < -0.4 is 4.74 Å². The molecule has 0 saturated heterocycles. The van der Waals surface area contributed by atoms with Crippen molar-refractivity contribution in [3.05, 3.63) is 63.4 Å². The van der Waals surface area contributed by atoms with Crippen LogP contribution in [0, 0.1) is 17.1 Å². The Balaban J connectivity index is 2.13. The van der Waals surface area contributed by atoms with Gasteiger partial charge in [0.2, 0.25) is 0 Å². The molecule has 0 spiro atoms. The number of ether oxygens (including phenoxy) is 1. The molecule has 0 bridgehead atoms. The van der Waals surface area contributed by atoms with Crippen LogP contribution in [0.5, 0.6) is 5.75 Å². The van der Waals surface area contributed by atoms with E-state index in [0.29, 0.717) is 21.4 Å². The number of nitrogens with zero attached hydrogens (tertiary/aromatic N) is 1. The monoisotopic (exact) mass is 295 g/mol. The third-order valence-corrected chi connectivity index (χ3v) is 2.99. The zero-order valence-electron chi connectivity index (χ0n) is 9.66. The Morgan fingerprint density at radius 3 is 2.58 bits per heavy atom. The topological polar surface area (TPSA) is 33.0 Å². The molecule has 0 aliphatic heterocycles. The molecule has 0 amide bonds. The molecule has 2 aromatic rings. The predicted octanol–water partition coefficient (Wildman–Crippen LogP) is 4.58. The molecule has 0 radical (unpaired) electrons. The first-order valence-corrected chi connectivity index (χ1v) is 6.12. The van der Waals surface area contributed by atoms with Gasteiger partial charge in [0.05, 0.1) is 16.7 Å². The Hall–Kier alpha value is -1.76. The van der Waals surface area contributed by atoms with Crippen molar-refractivity contribution in [2.45, 2.75) is 6.61 Å². The van der Waals surface area contributed by atoms with Crippen LogP contribution in [0.1, 0.15) is 11.1 Å². The molecular weight excluding hydrogens is 288 g/mol. The minimum Gasteiger partial charge on any atom is -0.487 e. The molecule has 0 unspecified atom stereocenters. The molecule has 0 fully saturated rings. The smallest absolute Gasteiger partial charge is 0.138 e. The minimum absolute atomic E-state index is 0.0267. The van der Waals surface area contributed by atoms with Gasteiger partial charge in [0.25, 0.3) is 0 Å². The van der Waals surface area contributed by atoms with Crippen LogP contribution >= 0.6 is 23.2 Å². The van der Waals surface area contributed by atoms with Gasteiger partial charge < -0.3 is 4.74 Å². The van der Waals surface area contributed by atoms with Crippen LogP contribution in [0.25, 0.3) is 0 Å². The Labute approximate surface area is 119 Å². The number of hydrogen-bond donors (Lipinski definition) is 0. The summed E-state index contributed by atoms with van der Waals surface area (Å²) in [6.45, 7) is 0.0267. The minimum atomic E-state index is -0.482. The van der Waals surface area contributed by atoms with Crippen molar-refractivity contribution in [1.82, 2.24) is 0 Å². The Morgan fingerprint density at radius 2 is 1.95 bits per heavy atom. The van der Waals surface area contributed by atoms with E-state index in [1.54, 1.807) is 18.2 Å². The van der Waals surface area contributed by atoms with E-state index in [1.807, 2.05) is 6.07 Å². The summed E-state index contributed by atoms with van der Waals surface area (Å²) < 4.78 is 19.0. The van der Waals surface area contributed by atoms with Crippen molar-refractivity contribution in [3.8, 4) is 11.8 Å². The molecule has 2 aromatic carbocycles. The first-order valence-electron chi connectivity index (χ1n) is 5.36. The van der Waals surface area contributed by atoms with E-state index < -0.39 is 5.82 Å². The van der Waals surface area contributed by atoms with Gasteiger partial charge in [-0.1, -0.05) is 29.3 Å². The van der Waals surface area contributed by atoms with Crippen molar-refractivity contribution < 1.29 is 9.13 Å². The lowest BCUT2D eigenvalue weighted by molar-refractivity contribution is 0.300. The molecule has 2 rings (SSSR count). The Kier molecular flexibility index (Phi) is 4.26. The fraction of sp³-hybridized carbons (Fsp3) is 0.0714. The van der Waals surface area contributed by atoms with E-state index in [0.717, 1.165) is 0 Å². The van der Waals surface area contributed by atoms with Gasteiger partial charge in [-0.3, -0.25) is 0 Å². The summed E-state index contributed by atoms with van der Waals surface area (Å²) >= 11 is 11.7. The summed E-state index contributed by atoms with van der Waals surface area (Å²) in [7, 11) is 0. The van der Waals surface area contributed by atoms with E-state index in [-0.39, 0.29) is 12.2 Å². The average Bonchev–Trinajstić information content (AvgIpc) is 2.39. The van der Waals surface area contributed by atoms with Crippen LogP contribution in [0.2, 0.25) is 10.0 Å². The number of halogens is 3. The largest absolute Gasteiger partial charge is 0.487 e. The van der Waals surface area contributed by atoms with Crippen LogP contribution in [0.3, 0.4) is 0 Å². The van der Waals surface area contributed by atoms with Gasteiger partial charge in [0.1, 0.15) is 18.2 Å². The molecule has 0 aliphatic rings. The quantitative estimate of drug-likeness (QED) is 0.830. The maximum atomic E-state index is 13.6. The second-order valence-electron chi connectivity index (χ2n) is 3.78. The summed E-state index contributed by atoms with van der Waals surface area (Å²) in [6.07, 6.45) is 0. The van der Waals surface area contributed by atoms with Crippen molar-refractivity contribution in [3.63, 3.8) is 0 Å². The lowest BCUT2D eigenvalue weighted by Crippen LogP contribution is -1.99. The molecule has 96 valence electrons. The Bertz CT molecular complexity index is 652. The van der Waals surface area contributed by atoms with Crippen LogP contribution in [-0.4, -0.2) is 0 Å². The van der Waals surface area contributed by atoms with Crippen molar-refractivity contribution in [2.75, 3.05) is 0 Å². The van der Waals surface area contributed by atoms with Crippen molar-refractivity contribution >= 4 is 23.2 Å². The normalized spacial score (nSPS) is 10.0. The lowest BCUT2D eigenvalue weighted by Gasteiger charge is -2.09. The predicted molar refractivity (Wildman–Crippen MR) is 71.9 cm³/mol. The summed E-state index contributed by atoms with van der Waals surface area (Å²) in [6, 6.07) is 10.9. The SMILES string of the molecule is N#Cc1ccc(COc2ccc(Cl)cc2Cl)c(F)c1. The highest BCUT2D eigenvalue weighted by molar-refractivity contribution is 6.35. The second kappa shape index (κ2) is 5.92. The molecule has 2 nitrogen and oxygen atoms in total. The molecule has 5 heteroatoms. The second-order valence-corrected chi connectivity index (χ2v) is 4.63. The highest BCUT2D eigenvalue weighted by Crippen LogP contribution is 2.28. The van der Waals surface area contributed by atoms with Crippen LogP contribution in [0.4, 0.5) is 4.39 Å². The molecular formula is C14H8Cl2FNO. The van der Waals surface area contributed by atoms with Gasteiger partial charge in [0.15, 0.2) is 0 Å². The van der Waals surface area contributed by atoms with E-state index >= 15 is 0 Å². The third kappa shape index (κ3) is 3.37. The first-order chi connectivity index (χ1) is 9.10. The summed E-state index contributed by atoms with van der Waals surface area (Å²) in [5.41, 5.74) is 0.621. The first kappa shape index (κ1) is 13.7. The number of rotatable bonds is 3. The zero-order valence-corrected chi connectivity index (χ0v) is 11.2. The standard InChI is InChI=1S/C14H8Cl2FNO/c15-11-3-4-14(12(16)6-11)19-8-10-2-1-9(7-18)5-13(10)17/h1-6H,8H2. The molecule has 0 saturated carbocycles. The molecule has 0 aromatic heterocycles. The fourth-order valence-corrected chi connectivity index (χ4v) is 1.94. The van der Waals surface area contributed by atoms with Crippen molar-refractivity contribution in [1.29, 1.82) is 5.26 Å². The summed E-state index contributed by atoms with van der Waals surface area (Å²) in [4.78, 5) is 0. The van der Waals surface area contributed by atoms with Crippen LogP contribution in [-0.2, 0) is 6.61 Å².